The van der Waals surface area contributed by atoms with E-state index in [9.17, 15) is 9.90 Å². The molecule has 1 fully saturated rings. The highest BCUT2D eigenvalue weighted by Gasteiger charge is 2.50. The van der Waals surface area contributed by atoms with Crippen LogP contribution in [-0.2, 0) is 4.79 Å². The van der Waals surface area contributed by atoms with E-state index in [1.807, 2.05) is 0 Å². The molecule has 0 heterocycles. The van der Waals surface area contributed by atoms with E-state index < -0.39 is 5.60 Å². The van der Waals surface area contributed by atoms with E-state index in [2.05, 4.69) is 6.92 Å². The van der Waals surface area contributed by atoms with E-state index in [0.717, 1.165) is 25.7 Å². The monoisotopic (exact) mass is 199 g/mol. The summed E-state index contributed by atoms with van der Waals surface area (Å²) >= 11 is 0. The first kappa shape index (κ1) is 11.7. The van der Waals surface area contributed by atoms with Crippen LogP contribution in [0.4, 0.5) is 0 Å². The lowest BCUT2D eigenvalue weighted by atomic mass is 9.71. The molecule has 14 heavy (non-hydrogen) atoms. The molecule has 3 N–H and O–H groups in total. The predicted octanol–water partition coefficient (Wildman–Crippen LogP) is 1.09. The van der Waals surface area contributed by atoms with Gasteiger partial charge in [0.25, 0.3) is 0 Å². The number of aliphatic hydroxyl groups is 1. The van der Waals surface area contributed by atoms with E-state index in [1.165, 1.54) is 0 Å². The number of carbonyl (C=O) groups excluding carboxylic acids is 1. The smallest absolute Gasteiger partial charge is 0.151 e. The molecule has 0 aromatic rings. The van der Waals surface area contributed by atoms with Crippen LogP contribution in [0, 0.1) is 11.3 Å². The molecule has 0 aliphatic heterocycles. The maximum atomic E-state index is 10.9. The topological polar surface area (TPSA) is 63.3 Å². The molecule has 1 aliphatic carbocycles. The molecule has 0 amide bonds. The van der Waals surface area contributed by atoms with Crippen molar-refractivity contribution in [3.63, 3.8) is 0 Å². The average Bonchev–Trinajstić information content (AvgIpc) is 2.63. The Hall–Kier alpha value is -0.410. The molecule has 0 aromatic carbocycles. The fourth-order valence-corrected chi connectivity index (χ4v) is 2.56. The Morgan fingerprint density at radius 2 is 2.36 bits per heavy atom. The lowest BCUT2D eigenvalue weighted by molar-refractivity contribution is -0.136. The molecule has 3 unspecified atom stereocenters. The van der Waals surface area contributed by atoms with Crippen LogP contribution in [0.3, 0.4) is 0 Å². The highest BCUT2D eigenvalue weighted by atomic mass is 16.3. The second-order valence-corrected chi connectivity index (χ2v) is 4.77. The fraction of sp³-hybridized carbons (Fsp3) is 0.909. The van der Waals surface area contributed by atoms with Gasteiger partial charge in [0.1, 0.15) is 5.60 Å². The molecule has 0 aromatic heterocycles. The zero-order valence-corrected chi connectivity index (χ0v) is 9.12. The maximum absolute atomic E-state index is 10.9. The van der Waals surface area contributed by atoms with Gasteiger partial charge in [-0.05, 0) is 32.1 Å². The van der Waals surface area contributed by atoms with E-state index >= 15 is 0 Å². The molecule has 3 heteroatoms. The van der Waals surface area contributed by atoms with E-state index in [4.69, 9.17) is 5.73 Å². The van der Waals surface area contributed by atoms with Gasteiger partial charge in [0.05, 0.1) is 0 Å². The lowest BCUT2D eigenvalue weighted by Crippen LogP contribution is -2.50. The number of carbonyl (C=O) groups is 1. The molecular weight excluding hydrogens is 178 g/mol. The normalized spacial score (nSPS) is 36.7. The first-order chi connectivity index (χ1) is 6.51. The zero-order valence-electron chi connectivity index (χ0n) is 9.12. The quantitative estimate of drug-likeness (QED) is 0.666. The average molecular weight is 199 g/mol. The van der Waals surface area contributed by atoms with Crippen LogP contribution in [0.1, 0.15) is 39.5 Å². The summed E-state index contributed by atoms with van der Waals surface area (Å²) in [7, 11) is 0. The summed E-state index contributed by atoms with van der Waals surface area (Å²) in [6.07, 6.45) is 4.59. The van der Waals surface area contributed by atoms with Crippen molar-refractivity contribution in [2.75, 3.05) is 6.54 Å². The molecule has 0 bridgehead atoms. The third-order valence-electron chi connectivity index (χ3n) is 3.98. The van der Waals surface area contributed by atoms with Crippen LogP contribution in [-0.4, -0.2) is 23.5 Å². The summed E-state index contributed by atoms with van der Waals surface area (Å²) in [6, 6.07) is 0. The SMILES string of the molecule is CCC1CCC(CN)(C(C)(O)C=O)C1. The first-order valence-corrected chi connectivity index (χ1v) is 5.40. The van der Waals surface area contributed by atoms with Gasteiger partial charge in [0.2, 0.25) is 0 Å². The molecule has 3 atom stereocenters. The predicted molar refractivity (Wildman–Crippen MR) is 55.8 cm³/mol. The largest absolute Gasteiger partial charge is 0.382 e. The zero-order chi connectivity index (χ0) is 10.8. The van der Waals surface area contributed by atoms with Crippen molar-refractivity contribution < 1.29 is 9.90 Å². The van der Waals surface area contributed by atoms with Gasteiger partial charge in [-0.3, -0.25) is 0 Å². The lowest BCUT2D eigenvalue weighted by Gasteiger charge is -2.38. The maximum Gasteiger partial charge on any atom is 0.151 e. The Labute approximate surface area is 85.7 Å². The fourth-order valence-electron chi connectivity index (χ4n) is 2.56. The van der Waals surface area contributed by atoms with Gasteiger partial charge >= 0.3 is 0 Å². The molecule has 3 nitrogen and oxygen atoms in total. The molecule has 0 radical (unpaired) electrons. The standard InChI is InChI=1S/C11H21NO2/c1-3-9-4-5-11(6-9,7-12)10(2,14)8-13/h8-9,14H,3-7,12H2,1-2H3. The Bertz CT molecular complexity index is 215. The van der Waals surface area contributed by atoms with Gasteiger partial charge in [-0.15, -0.1) is 0 Å². The van der Waals surface area contributed by atoms with Crippen molar-refractivity contribution in [2.45, 2.75) is 45.1 Å². The van der Waals surface area contributed by atoms with Crippen LogP contribution in [0.15, 0.2) is 0 Å². The van der Waals surface area contributed by atoms with Crippen LogP contribution in [0.5, 0.6) is 0 Å². The van der Waals surface area contributed by atoms with Crippen LogP contribution >= 0.6 is 0 Å². The Morgan fingerprint density at radius 3 is 2.71 bits per heavy atom. The van der Waals surface area contributed by atoms with Gasteiger partial charge in [-0.25, -0.2) is 0 Å². The van der Waals surface area contributed by atoms with Gasteiger partial charge in [-0.1, -0.05) is 13.3 Å². The number of rotatable bonds is 4. The van der Waals surface area contributed by atoms with Gasteiger partial charge in [-0.2, -0.15) is 0 Å². The minimum atomic E-state index is -1.26. The van der Waals surface area contributed by atoms with E-state index in [0.29, 0.717) is 18.7 Å². The Kier molecular flexibility index (Phi) is 3.32. The van der Waals surface area contributed by atoms with Crippen LogP contribution in [0.2, 0.25) is 0 Å². The molecule has 0 saturated heterocycles. The number of aldehydes is 1. The second-order valence-electron chi connectivity index (χ2n) is 4.77. The molecule has 1 aliphatic rings. The Balaban J connectivity index is 2.84. The molecule has 0 spiro atoms. The van der Waals surface area contributed by atoms with Crippen molar-refractivity contribution >= 4 is 6.29 Å². The third-order valence-corrected chi connectivity index (χ3v) is 3.98. The summed E-state index contributed by atoms with van der Waals surface area (Å²) in [4.78, 5) is 10.9. The number of hydrogen-bond donors (Lipinski definition) is 2. The van der Waals surface area contributed by atoms with E-state index in [1.54, 1.807) is 6.92 Å². The minimum absolute atomic E-state index is 0.380. The van der Waals surface area contributed by atoms with Crippen molar-refractivity contribution in [1.29, 1.82) is 0 Å². The van der Waals surface area contributed by atoms with Crippen molar-refractivity contribution in [3.8, 4) is 0 Å². The second kappa shape index (κ2) is 3.99. The number of hydrogen-bond acceptors (Lipinski definition) is 3. The van der Waals surface area contributed by atoms with Gasteiger partial charge in [0, 0.05) is 12.0 Å². The van der Waals surface area contributed by atoms with Crippen molar-refractivity contribution in [3.05, 3.63) is 0 Å². The van der Waals surface area contributed by atoms with Crippen LogP contribution < -0.4 is 5.73 Å². The summed E-state index contributed by atoms with van der Waals surface area (Å²) in [5.74, 6) is 0.616. The summed E-state index contributed by atoms with van der Waals surface area (Å²) in [6.45, 7) is 4.13. The van der Waals surface area contributed by atoms with Gasteiger partial charge in [0.15, 0.2) is 6.29 Å². The summed E-state index contributed by atoms with van der Waals surface area (Å²) < 4.78 is 0. The summed E-state index contributed by atoms with van der Waals surface area (Å²) in [5, 5.41) is 10.0. The highest BCUT2D eigenvalue weighted by molar-refractivity contribution is 5.63. The molecular formula is C11H21NO2. The van der Waals surface area contributed by atoms with Gasteiger partial charge < -0.3 is 15.6 Å². The molecule has 1 rings (SSSR count). The van der Waals surface area contributed by atoms with E-state index in [-0.39, 0.29) is 5.41 Å². The van der Waals surface area contributed by atoms with Crippen molar-refractivity contribution in [2.24, 2.45) is 17.1 Å². The third kappa shape index (κ3) is 1.71. The van der Waals surface area contributed by atoms with Crippen molar-refractivity contribution in [1.82, 2.24) is 0 Å². The highest BCUT2D eigenvalue weighted by Crippen LogP contribution is 2.48. The Morgan fingerprint density at radius 1 is 1.71 bits per heavy atom. The first-order valence-electron chi connectivity index (χ1n) is 5.40. The number of nitrogens with two attached hydrogens (primary N) is 1. The summed E-state index contributed by atoms with van der Waals surface area (Å²) in [5.41, 5.74) is 4.09. The molecule has 1 saturated carbocycles. The molecule has 82 valence electrons. The van der Waals surface area contributed by atoms with Crippen LogP contribution in [0.25, 0.3) is 0 Å². The minimum Gasteiger partial charge on any atom is -0.382 e.